The smallest absolute Gasteiger partial charge is 0.225 e. The molecule has 1 aliphatic heterocycles. The molecule has 28 heavy (non-hydrogen) atoms. The number of hydrogen-bond acceptors (Lipinski definition) is 5. The van der Waals surface area contributed by atoms with Crippen molar-refractivity contribution in [3.63, 3.8) is 0 Å². The Morgan fingerprint density at radius 3 is 2.39 bits per heavy atom. The monoisotopic (exact) mass is 380 g/mol. The maximum absolute atomic E-state index is 11.9. The van der Waals surface area contributed by atoms with Crippen molar-refractivity contribution in [1.82, 2.24) is 14.9 Å². The van der Waals surface area contributed by atoms with Crippen molar-refractivity contribution < 1.29 is 9.53 Å². The number of amides is 1. The molecule has 2 heterocycles. The van der Waals surface area contributed by atoms with Crippen molar-refractivity contribution in [3.8, 4) is 5.75 Å². The minimum atomic E-state index is 0.148. The number of nitrogens with zero attached hydrogens (tertiary/aromatic N) is 4. The van der Waals surface area contributed by atoms with Crippen molar-refractivity contribution in [2.24, 2.45) is 0 Å². The van der Waals surface area contributed by atoms with Crippen molar-refractivity contribution in [2.45, 2.75) is 44.1 Å². The fourth-order valence-corrected chi connectivity index (χ4v) is 3.43. The molecular weight excluding hydrogens is 352 g/mol. The lowest BCUT2D eigenvalue weighted by Crippen LogP contribution is -2.54. The quantitative estimate of drug-likeness (QED) is 0.738. The number of carbonyl (C=O) groups is 1. The average Bonchev–Trinajstić information content (AvgIpc) is 3.50. The van der Waals surface area contributed by atoms with E-state index in [2.05, 4.69) is 33.9 Å². The molecule has 0 unspecified atom stereocenters. The summed E-state index contributed by atoms with van der Waals surface area (Å²) in [6, 6.07) is 8.10. The molecule has 1 amide bonds. The van der Waals surface area contributed by atoms with Gasteiger partial charge in [-0.2, -0.15) is 0 Å². The van der Waals surface area contributed by atoms with E-state index in [9.17, 15) is 4.79 Å². The summed E-state index contributed by atoms with van der Waals surface area (Å²) < 4.78 is 6.06. The van der Waals surface area contributed by atoms with Crippen LogP contribution in [0.15, 0.2) is 36.7 Å². The van der Waals surface area contributed by atoms with Gasteiger partial charge in [0, 0.05) is 32.9 Å². The largest absolute Gasteiger partial charge is 0.487 e. The van der Waals surface area contributed by atoms with Gasteiger partial charge < -0.3 is 14.5 Å². The van der Waals surface area contributed by atoms with E-state index in [0.717, 1.165) is 30.4 Å². The Morgan fingerprint density at radius 2 is 1.82 bits per heavy atom. The molecule has 0 bridgehead atoms. The van der Waals surface area contributed by atoms with Crippen LogP contribution >= 0.6 is 0 Å². The van der Waals surface area contributed by atoms with Crippen molar-refractivity contribution in [3.05, 3.63) is 47.8 Å². The van der Waals surface area contributed by atoms with Crippen LogP contribution in [0.1, 0.15) is 49.1 Å². The number of benzene rings is 1. The minimum absolute atomic E-state index is 0.148. The van der Waals surface area contributed by atoms with Gasteiger partial charge in [0.05, 0.1) is 13.1 Å². The summed E-state index contributed by atoms with van der Waals surface area (Å²) in [5, 5.41) is 0. The first-order valence-electron chi connectivity index (χ1n) is 10.0. The molecule has 2 aromatic rings. The number of carbonyl (C=O) groups excluding carboxylic acids is 1. The van der Waals surface area contributed by atoms with E-state index in [1.165, 1.54) is 18.4 Å². The Morgan fingerprint density at radius 1 is 1.18 bits per heavy atom. The van der Waals surface area contributed by atoms with Crippen molar-refractivity contribution >= 4 is 11.9 Å². The molecule has 1 saturated carbocycles. The van der Waals surface area contributed by atoms with Gasteiger partial charge in [-0.05, 0) is 47.9 Å². The minimum Gasteiger partial charge on any atom is -0.487 e. The third kappa shape index (κ3) is 4.26. The molecule has 2 fully saturated rings. The summed E-state index contributed by atoms with van der Waals surface area (Å²) in [6.45, 7) is 3.69. The fourth-order valence-electron chi connectivity index (χ4n) is 3.43. The average molecular weight is 380 g/mol. The van der Waals surface area contributed by atoms with E-state index in [1.807, 2.05) is 24.5 Å². The molecule has 6 nitrogen and oxygen atoms in total. The van der Waals surface area contributed by atoms with Gasteiger partial charge in [-0.1, -0.05) is 19.1 Å². The summed E-state index contributed by atoms with van der Waals surface area (Å²) >= 11 is 0. The highest BCUT2D eigenvalue weighted by atomic mass is 16.5. The molecule has 2 aliphatic rings. The highest BCUT2D eigenvalue weighted by Gasteiger charge is 2.31. The summed E-state index contributed by atoms with van der Waals surface area (Å²) in [7, 11) is 3.58. The molecule has 0 N–H and O–H groups in total. The van der Waals surface area contributed by atoms with Crippen LogP contribution in [0.5, 0.6) is 5.75 Å². The topological polar surface area (TPSA) is 58.6 Å². The first kappa shape index (κ1) is 18.7. The van der Waals surface area contributed by atoms with E-state index in [4.69, 9.17) is 4.74 Å². The zero-order valence-corrected chi connectivity index (χ0v) is 16.8. The lowest BCUT2D eigenvalue weighted by atomic mass is 9.97. The Labute approximate surface area is 166 Å². The number of rotatable bonds is 7. The highest BCUT2D eigenvalue weighted by molar-refractivity contribution is 5.76. The lowest BCUT2D eigenvalue weighted by Gasteiger charge is -2.38. The highest BCUT2D eigenvalue weighted by Crippen LogP contribution is 2.39. The zero-order chi connectivity index (χ0) is 19.7. The maximum atomic E-state index is 11.9. The van der Waals surface area contributed by atoms with E-state index in [1.54, 1.807) is 19.0 Å². The summed E-state index contributed by atoms with van der Waals surface area (Å²) in [4.78, 5) is 24.7. The molecule has 1 aromatic carbocycles. The van der Waals surface area contributed by atoms with Gasteiger partial charge in [0.15, 0.2) is 0 Å². The van der Waals surface area contributed by atoms with Gasteiger partial charge in [0.25, 0.3) is 0 Å². The predicted molar refractivity (Wildman–Crippen MR) is 109 cm³/mol. The standard InChI is InChI=1S/C22H28N4O2/c1-15(10-21(27)25(2)3)16-6-8-19(9-7-16)28-20-13-26(14-20)22-23-11-18(12-24-22)17-4-5-17/h6-9,11-12,15,17,20H,4-5,10,13-14H2,1-3H3/t15-/m1/s1. The SMILES string of the molecule is C[C@H](CC(=O)N(C)C)c1ccc(OC2CN(c3ncc(C4CC4)cn3)C2)cc1. The molecule has 6 heteroatoms. The lowest BCUT2D eigenvalue weighted by molar-refractivity contribution is -0.129. The number of hydrogen-bond donors (Lipinski definition) is 0. The molecule has 1 aromatic heterocycles. The molecule has 0 radical (unpaired) electrons. The number of anilines is 1. The van der Waals surface area contributed by atoms with Crippen molar-refractivity contribution in [1.29, 1.82) is 0 Å². The maximum Gasteiger partial charge on any atom is 0.225 e. The Bertz CT molecular complexity index is 809. The Hall–Kier alpha value is -2.63. The van der Waals surface area contributed by atoms with Gasteiger partial charge >= 0.3 is 0 Å². The van der Waals surface area contributed by atoms with Crippen LogP contribution in [-0.2, 0) is 4.79 Å². The van der Waals surface area contributed by atoms with Gasteiger partial charge in [-0.25, -0.2) is 9.97 Å². The van der Waals surface area contributed by atoms with Crippen LogP contribution < -0.4 is 9.64 Å². The van der Waals surface area contributed by atoms with E-state index in [0.29, 0.717) is 12.3 Å². The first-order chi connectivity index (χ1) is 13.5. The second-order valence-electron chi connectivity index (χ2n) is 8.20. The first-order valence-corrected chi connectivity index (χ1v) is 10.0. The number of aromatic nitrogens is 2. The molecular formula is C22H28N4O2. The fraction of sp³-hybridized carbons (Fsp3) is 0.500. The van der Waals surface area contributed by atoms with Crippen LogP contribution in [-0.4, -0.2) is 54.1 Å². The third-order valence-electron chi connectivity index (χ3n) is 5.57. The summed E-state index contributed by atoms with van der Waals surface area (Å²) in [5.41, 5.74) is 2.42. The zero-order valence-electron chi connectivity index (χ0n) is 16.8. The van der Waals surface area contributed by atoms with E-state index < -0.39 is 0 Å². The second kappa shape index (κ2) is 7.78. The third-order valence-corrected chi connectivity index (χ3v) is 5.57. The summed E-state index contributed by atoms with van der Waals surface area (Å²) in [6.07, 6.45) is 7.15. The van der Waals surface area contributed by atoms with Crippen LogP contribution in [0.3, 0.4) is 0 Å². The van der Waals surface area contributed by atoms with Crippen LogP contribution in [0.25, 0.3) is 0 Å². The molecule has 0 spiro atoms. The molecule has 148 valence electrons. The normalized spacial score (nSPS) is 17.8. The van der Waals surface area contributed by atoms with E-state index >= 15 is 0 Å². The van der Waals surface area contributed by atoms with Crippen LogP contribution in [0, 0.1) is 0 Å². The van der Waals surface area contributed by atoms with Gasteiger partial charge in [0.1, 0.15) is 11.9 Å². The molecule has 4 rings (SSSR count). The van der Waals surface area contributed by atoms with Crippen LogP contribution in [0.2, 0.25) is 0 Å². The number of ether oxygens (including phenoxy) is 1. The Balaban J connectivity index is 1.26. The second-order valence-corrected chi connectivity index (χ2v) is 8.20. The van der Waals surface area contributed by atoms with Gasteiger partial charge in [-0.3, -0.25) is 4.79 Å². The van der Waals surface area contributed by atoms with Crippen LogP contribution in [0.4, 0.5) is 5.95 Å². The van der Waals surface area contributed by atoms with Gasteiger partial charge in [-0.15, -0.1) is 0 Å². The summed E-state index contributed by atoms with van der Waals surface area (Å²) in [5.74, 6) is 2.69. The van der Waals surface area contributed by atoms with Gasteiger partial charge in [0.2, 0.25) is 11.9 Å². The molecule has 1 aliphatic carbocycles. The molecule has 1 atom stereocenters. The predicted octanol–water partition coefficient (Wildman–Crippen LogP) is 3.20. The Kier molecular flexibility index (Phi) is 5.20. The van der Waals surface area contributed by atoms with E-state index in [-0.39, 0.29) is 17.9 Å². The van der Waals surface area contributed by atoms with Crippen molar-refractivity contribution in [2.75, 3.05) is 32.1 Å². The molecule has 1 saturated heterocycles.